The fourth-order valence-electron chi connectivity index (χ4n) is 11.4. The van der Waals surface area contributed by atoms with Crippen molar-refractivity contribution in [1.29, 1.82) is 0 Å². The molecule has 0 spiro atoms. The van der Waals surface area contributed by atoms with Crippen LogP contribution < -0.4 is 0 Å². The average molecular weight is 625 g/mol. The molecule has 0 bridgehead atoms. The highest BCUT2D eigenvalue weighted by Gasteiger charge is 2.60. The fourth-order valence-corrected chi connectivity index (χ4v) is 11.4. The van der Waals surface area contributed by atoms with Crippen LogP contribution in [0.5, 0.6) is 0 Å². The lowest BCUT2D eigenvalue weighted by Gasteiger charge is -2.60. The van der Waals surface area contributed by atoms with Gasteiger partial charge in [0.2, 0.25) is 0 Å². The minimum absolute atomic E-state index is 0.0227. The van der Waals surface area contributed by atoms with Gasteiger partial charge in [-0.25, -0.2) is 0 Å². The largest absolute Gasteiger partial charge is 0.431 e. The monoisotopic (exact) mass is 625 g/mol. The lowest BCUT2D eigenvalue weighted by Crippen LogP contribution is -2.52. The van der Waals surface area contributed by atoms with Crippen molar-refractivity contribution in [1.82, 2.24) is 0 Å². The molecule has 0 heterocycles. The molecule has 4 aliphatic rings. The number of hydrogen-bond acceptors (Lipinski definition) is 2. The first-order chi connectivity index (χ1) is 21.7. The van der Waals surface area contributed by atoms with E-state index in [1.54, 1.807) is 0 Å². The van der Waals surface area contributed by atoms with Gasteiger partial charge in [-0.3, -0.25) is 4.79 Å². The molecule has 8 atom stereocenters. The van der Waals surface area contributed by atoms with Crippen LogP contribution in [0.25, 0.3) is 0 Å². The third kappa shape index (κ3) is 9.87. The van der Waals surface area contributed by atoms with Gasteiger partial charge in [0.05, 0.1) is 0 Å². The quantitative estimate of drug-likeness (QED) is 0.0995. The third-order valence-electron chi connectivity index (χ3n) is 14.2. The molecule has 0 aliphatic heterocycles. The lowest BCUT2D eigenvalue weighted by atomic mass is 9.45. The topological polar surface area (TPSA) is 26.3 Å². The number of unbranched alkanes of at least 4 members (excludes halogenated alkanes) is 12. The predicted molar refractivity (Wildman–Crippen MR) is 193 cm³/mol. The highest BCUT2D eigenvalue weighted by Crippen LogP contribution is 2.68. The summed E-state index contributed by atoms with van der Waals surface area (Å²) >= 11 is 0. The Balaban J connectivity index is 1.15. The number of fused-ring (bicyclic) bond motifs is 5. The zero-order valence-corrected chi connectivity index (χ0v) is 31.1. The highest BCUT2D eigenvalue weighted by molar-refractivity contribution is 5.70. The molecule has 0 aromatic heterocycles. The SMILES string of the molecule is CCCCCCCCCCCCCCCC(=O)OC1=C[C@@H]2CC[C@@H]3[C@H](CC[C@]4(C)[C@@H]([C@@H](C)CCCC(C)C)CC[C@@H]34)[C@@]2(C)CC1. The zero-order valence-electron chi connectivity index (χ0n) is 31.1. The summed E-state index contributed by atoms with van der Waals surface area (Å²) in [4.78, 5) is 12.8. The van der Waals surface area contributed by atoms with Crippen LogP contribution in [0.3, 0.4) is 0 Å². The molecule has 260 valence electrons. The van der Waals surface area contributed by atoms with E-state index in [4.69, 9.17) is 4.74 Å². The normalized spacial score (nSPS) is 33.3. The first-order valence-electron chi connectivity index (χ1n) is 20.6. The van der Waals surface area contributed by atoms with Gasteiger partial charge in [-0.2, -0.15) is 0 Å². The first-order valence-corrected chi connectivity index (χ1v) is 20.6. The number of carbonyl (C=O) groups is 1. The highest BCUT2D eigenvalue weighted by atomic mass is 16.5. The van der Waals surface area contributed by atoms with Crippen LogP contribution in [-0.2, 0) is 9.53 Å². The molecule has 3 saturated carbocycles. The second kappa shape index (κ2) is 18.1. The van der Waals surface area contributed by atoms with Crippen molar-refractivity contribution in [2.24, 2.45) is 52.3 Å². The van der Waals surface area contributed by atoms with Crippen molar-refractivity contribution in [3.05, 3.63) is 11.8 Å². The summed E-state index contributed by atoms with van der Waals surface area (Å²) in [6.45, 7) is 15.0. The van der Waals surface area contributed by atoms with Crippen molar-refractivity contribution >= 4 is 5.97 Å². The van der Waals surface area contributed by atoms with Gasteiger partial charge in [0.25, 0.3) is 0 Å². The Bertz CT molecular complexity index is 904. The van der Waals surface area contributed by atoms with Crippen LogP contribution in [0, 0.1) is 52.3 Å². The number of hydrogen-bond donors (Lipinski definition) is 0. The maximum absolute atomic E-state index is 12.8. The molecule has 0 aromatic carbocycles. The van der Waals surface area contributed by atoms with E-state index >= 15 is 0 Å². The summed E-state index contributed by atoms with van der Waals surface area (Å²) in [6, 6.07) is 0. The van der Waals surface area contributed by atoms with E-state index in [1.807, 2.05) is 0 Å². The van der Waals surface area contributed by atoms with Crippen LogP contribution in [0.1, 0.15) is 202 Å². The Kier molecular flexibility index (Phi) is 14.9. The number of carbonyl (C=O) groups excluding carboxylic acids is 1. The standard InChI is InChI=1S/C43H76O2/c1-7-8-9-10-11-12-13-14-15-16-17-18-19-23-41(44)45-36-28-30-42(5)35(32-36)24-25-37-39-27-26-38(34(4)22-20-21-33(2)3)43(39,6)31-29-40(37)42/h32-35,37-40H,7-31H2,1-6H3/t34-,35-,37-,38+,39-,40-,42-,43+/m0/s1. The molecule has 2 nitrogen and oxygen atoms in total. The van der Waals surface area contributed by atoms with E-state index in [9.17, 15) is 4.79 Å². The minimum atomic E-state index is 0.0227. The van der Waals surface area contributed by atoms with E-state index in [-0.39, 0.29) is 5.97 Å². The number of allylic oxidation sites excluding steroid dienone is 2. The van der Waals surface area contributed by atoms with Gasteiger partial charge in [0.15, 0.2) is 0 Å². The summed E-state index contributed by atoms with van der Waals surface area (Å²) in [5, 5.41) is 0. The molecule has 4 rings (SSSR count). The molecule has 0 aromatic rings. The number of esters is 1. The van der Waals surface area contributed by atoms with E-state index in [0.29, 0.717) is 23.2 Å². The molecule has 0 unspecified atom stereocenters. The third-order valence-corrected chi connectivity index (χ3v) is 14.2. The molecule has 3 fully saturated rings. The van der Waals surface area contributed by atoms with Crippen LogP contribution >= 0.6 is 0 Å². The van der Waals surface area contributed by atoms with Crippen LogP contribution in [0.2, 0.25) is 0 Å². The second-order valence-corrected chi connectivity index (χ2v) is 17.7. The van der Waals surface area contributed by atoms with Gasteiger partial charge in [-0.05, 0) is 110 Å². The molecular weight excluding hydrogens is 548 g/mol. The molecule has 0 radical (unpaired) electrons. The maximum Gasteiger partial charge on any atom is 0.310 e. The van der Waals surface area contributed by atoms with E-state index in [1.165, 1.54) is 141 Å². The van der Waals surface area contributed by atoms with Crippen molar-refractivity contribution in [2.75, 3.05) is 0 Å². The van der Waals surface area contributed by atoms with Gasteiger partial charge < -0.3 is 4.74 Å². The smallest absolute Gasteiger partial charge is 0.310 e. The van der Waals surface area contributed by atoms with Crippen LogP contribution in [0.15, 0.2) is 11.8 Å². The van der Waals surface area contributed by atoms with Gasteiger partial charge in [0, 0.05) is 12.8 Å². The maximum atomic E-state index is 12.8. The predicted octanol–water partition coefficient (Wildman–Crippen LogP) is 13.6. The summed E-state index contributed by atoms with van der Waals surface area (Å²) in [7, 11) is 0. The molecular formula is C43H76O2. The van der Waals surface area contributed by atoms with E-state index < -0.39 is 0 Å². The van der Waals surface area contributed by atoms with Crippen molar-refractivity contribution in [3.8, 4) is 0 Å². The Morgan fingerprint density at radius 1 is 0.733 bits per heavy atom. The van der Waals surface area contributed by atoms with Crippen molar-refractivity contribution in [2.45, 2.75) is 202 Å². The fraction of sp³-hybridized carbons (Fsp3) is 0.930. The van der Waals surface area contributed by atoms with E-state index in [0.717, 1.165) is 54.1 Å². The van der Waals surface area contributed by atoms with Gasteiger partial charge in [-0.15, -0.1) is 0 Å². The molecule has 2 heteroatoms. The van der Waals surface area contributed by atoms with Crippen LogP contribution in [0.4, 0.5) is 0 Å². The van der Waals surface area contributed by atoms with E-state index in [2.05, 4.69) is 47.6 Å². The molecule has 0 N–H and O–H groups in total. The van der Waals surface area contributed by atoms with Crippen LogP contribution in [-0.4, -0.2) is 5.97 Å². The first kappa shape index (κ1) is 37.0. The lowest BCUT2D eigenvalue weighted by molar-refractivity contribution is -0.141. The minimum Gasteiger partial charge on any atom is -0.431 e. The summed E-state index contributed by atoms with van der Waals surface area (Å²) in [5.74, 6) is 7.02. The number of ether oxygens (including phenoxy) is 1. The Morgan fingerprint density at radius 2 is 1.36 bits per heavy atom. The summed E-state index contributed by atoms with van der Waals surface area (Å²) < 4.78 is 6.02. The Hall–Kier alpha value is -0.790. The second-order valence-electron chi connectivity index (χ2n) is 17.7. The summed E-state index contributed by atoms with van der Waals surface area (Å²) in [5.41, 5.74) is 0.969. The van der Waals surface area contributed by atoms with Crippen molar-refractivity contribution < 1.29 is 9.53 Å². The van der Waals surface area contributed by atoms with Gasteiger partial charge in [0.1, 0.15) is 5.76 Å². The zero-order chi connectivity index (χ0) is 32.3. The molecule has 4 aliphatic carbocycles. The van der Waals surface area contributed by atoms with Gasteiger partial charge >= 0.3 is 5.97 Å². The Morgan fingerprint density at radius 3 is 2.00 bits per heavy atom. The average Bonchev–Trinajstić information content (AvgIpc) is 3.37. The molecule has 45 heavy (non-hydrogen) atoms. The van der Waals surface area contributed by atoms with Gasteiger partial charge in [-0.1, -0.05) is 138 Å². The molecule has 0 saturated heterocycles. The van der Waals surface area contributed by atoms with Crippen molar-refractivity contribution in [3.63, 3.8) is 0 Å². The number of rotatable bonds is 20. The molecule has 0 amide bonds. The Labute approximate surface area is 281 Å². The summed E-state index contributed by atoms with van der Waals surface area (Å²) in [6.07, 6.45) is 35.4.